The Morgan fingerprint density at radius 2 is 1.81 bits per heavy atom. The van der Waals surface area contributed by atoms with Gasteiger partial charge in [0, 0.05) is 25.6 Å². The zero-order valence-corrected chi connectivity index (χ0v) is 18.0. The molecule has 0 amide bonds. The maximum atomic E-state index is 11.3. The zero-order valence-electron chi connectivity index (χ0n) is 17.2. The molecule has 3 N–H and O–H groups in total. The van der Waals surface area contributed by atoms with Gasteiger partial charge in [0.1, 0.15) is 0 Å². The summed E-state index contributed by atoms with van der Waals surface area (Å²) in [6, 6.07) is 0. The number of thiocarbonyl (C=S) groups is 1. The molecule has 0 aliphatic carbocycles. The van der Waals surface area contributed by atoms with Crippen LogP contribution >= 0.6 is 12.2 Å². The molecule has 1 aliphatic heterocycles. The summed E-state index contributed by atoms with van der Waals surface area (Å²) in [5.74, 6) is 0.560. The van der Waals surface area contributed by atoms with Crippen molar-refractivity contribution < 1.29 is 14.6 Å². The van der Waals surface area contributed by atoms with Gasteiger partial charge < -0.3 is 20.5 Å². The lowest BCUT2D eigenvalue weighted by molar-refractivity contribution is -0.137. The average molecular weight is 387 g/mol. The first-order valence-electron chi connectivity index (χ1n) is 9.86. The van der Waals surface area contributed by atoms with Gasteiger partial charge in [0.15, 0.2) is 5.11 Å². The van der Waals surface area contributed by atoms with Gasteiger partial charge in [0.25, 0.3) is 0 Å². The fourth-order valence-corrected chi connectivity index (χ4v) is 3.47. The maximum absolute atomic E-state index is 11.3. The minimum Gasteiger partial charge on any atom is -0.465 e. The molecule has 0 spiro atoms. The van der Waals surface area contributed by atoms with Crippen molar-refractivity contribution in [2.75, 3.05) is 26.3 Å². The van der Waals surface area contributed by atoms with Gasteiger partial charge >= 0.3 is 5.97 Å². The third kappa shape index (κ3) is 7.78. The van der Waals surface area contributed by atoms with E-state index >= 15 is 0 Å². The largest absolute Gasteiger partial charge is 0.465 e. The SMILES string of the molecule is CC(CO)C(C)(C)CCCNC(=S)NCCCC(C)(C)C1COC(=O)C1. The number of rotatable bonds is 11. The zero-order chi connectivity index (χ0) is 19.8. The molecule has 6 heteroatoms. The normalized spacial score (nSPS) is 19.2. The maximum Gasteiger partial charge on any atom is 0.306 e. The van der Waals surface area contributed by atoms with E-state index in [0.29, 0.717) is 30.0 Å². The molecule has 2 unspecified atom stereocenters. The minimum absolute atomic E-state index is 0.0665. The van der Waals surface area contributed by atoms with Crippen molar-refractivity contribution in [2.24, 2.45) is 22.7 Å². The first-order valence-corrected chi connectivity index (χ1v) is 10.3. The lowest BCUT2D eigenvalue weighted by Gasteiger charge is -2.30. The summed E-state index contributed by atoms with van der Waals surface area (Å²) in [6.45, 7) is 13.4. The van der Waals surface area contributed by atoms with Crippen LogP contribution in [0.5, 0.6) is 0 Å². The third-order valence-electron chi connectivity index (χ3n) is 6.14. The Labute approximate surface area is 164 Å². The molecule has 5 nitrogen and oxygen atoms in total. The van der Waals surface area contributed by atoms with Crippen LogP contribution in [-0.2, 0) is 9.53 Å². The highest BCUT2D eigenvalue weighted by atomic mass is 32.1. The lowest BCUT2D eigenvalue weighted by atomic mass is 9.75. The Hall–Kier alpha value is -0.880. The van der Waals surface area contributed by atoms with E-state index in [4.69, 9.17) is 17.0 Å². The van der Waals surface area contributed by atoms with E-state index in [1.165, 1.54) is 0 Å². The van der Waals surface area contributed by atoms with Gasteiger partial charge in [0.05, 0.1) is 13.0 Å². The second-order valence-electron chi connectivity index (χ2n) is 9.03. The number of hydrogen-bond donors (Lipinski definition) is 3. The second-order valence-corrected chi connectivity index (χ2v) is 9.44. The highest BCUT2D eigenvalue weighted by Gasteiger charge is 2.36. The highest BCUT2D eigenvalue weighted by molar-refractivity contribution is 7.80. The van der Waals surface area contributed by atoms with Gasteiger partial charge in [-0.2, -0.15) is 0 Å². The van der Waals surface area contributed by atoms with Crippen molar-refractivity contribution in [3.8, 4) is 0 Å². The quantitative estimate of drug-likeness (QED) is 0.288. The van der Waals surface area contributed by atoms with Crippen LogP contribution in [0.15, 0.2) is 0 Å². The van der Waals surface area contributed by atoms with Crippen LogP contribution in [0.25, 0.3) is 0 Å². The van der Waals surface area contributed by atoms with Crippen LogP contribution in [0.1, 0.15) is 66.7 Å². The van der Waals surface area contributed by atoms with Crippen LogP contribution in [0.4, 0.5) is 0 Å². The molecular formula is C20H38N2O3S. The van der Waals surface area contributed by atoms with Crippen LogP contribution in [0.2, 0.25) is 0 Å². The molecule has 1 rings (SSSR count). The number of aliphatic hydroxyl groups excluding tert-OH is 1. The molecule has 26 heavy (non-hydrogen) atoms. The Kier molecular flexibility index (Phi) is 9.31. The lowest BCUT2D eigenvalue weighted by Crippen LogP contribution is -2.37. The summed E-state index contributed by atoms with van der Waals surface area (Å²) < 4.78 is 5.10. The Morgan fingerprint density at radius 3 is 2.31 bits per heavy atom. The Bertz CT molecular complexity index is 466. The predicted molar refractivity (Wildman–Crippen MR) is 110 cm³/mol. The van der Waals surface area contributed by atoms with Crippen molar-refractivity contribution in [3.63, 3.8) is 0 Å². The van der Waals surface area contributed by atoms with E-state index < -0.39 is 0 Å². The molecule has 1 fully saturated rings. The van der Waals surface area contributed by atoms with Gasteiger partial charge in [0.2, 0.25) is 0 Å². The fraction of sp³-hybridized carbons (Fsp3) is 0.900. The van der Waals surface area contributed by atoms with Gasteiger partial charge in [-0.25, -0.2) is 0 Å². The summed E-state index contributed by atoms with van der Waals surface area (Å²) in [4.78, 5) is 11.3. The Morgan fingerprint density at radius 1 is 1.23 bits per heavy atom. The molecule has 1 aliphatic rings. The minimum atomic E-state index is -0.0665. The number of aliphatic hydroxyl groups is 1. The topological polar surface area (TPSA) is 70.6 Å². The number of ether oxygens (including phenoxy) is 1. The summed E-state index contributed by atoms with van der Waals surface area (Å²) in [6.07, 6.45) is 4.69. The van der Waals surface area contributed by atoms with E-state index in [1.807, 2.05) is 0 Å². The van der Waals surface area contributed by atoms with Gasteiger partial charge in [-0.15, -0.1) is 0 Å². The summed E-state index contributed by atoms with van der Waals surface area (Å²) in [7, 11) is 0. The van der Waals surface area contributed by atoms with Crippen LogP contribution in [0, 0.1) is 22.7 Å². The molecular weight excluding hydrogens is 348 g/mol. The molecule has 0 bridgehead atoms. The number of carbonyl (C=O) groups excluding carboxylic acids is 1. The monoisotopic (exact) mass is 386 g/mol. The summed E-state index contributed by atoms with van der Waals surface area (Å²) in [5, 5.41) is 16.5. The standard InChI is InChI=1S/C20H38N2O3S/c1-15(13-23)19(2,3)8-6-10-21-18(26)22-11-7-9-20(4,5)16-12-17(24)25-14-16/h15-16,23H,6-14H2,1-5H3,(H2,21,22,26). The summed E-state index contributed by atoms with van der Waals surface area (Å²) in [5.41, 5.74) is 0.250. The molecule has 0 aromatic carbocycles. The average Bonchev–Trinajstić information content (AvgIpc) is 3.02. The van der Waals surface area contributed by atoms with Gasteiger partial charge in [-0.1, -0.05) is 34.6 Å². The van der Waals surface area contributed by atoms with Crippen molar-refractivity contribution in [1.29, 1.82) is 0 Å². The van der Waals surface area contributed by atoms with E-state index in [2.05, 4.69) is 45.3 Å². The van der Waals surface area contributed by atoms with E-state index in [9.17, 15) is 9.90 Å². The molecule has 1 heterocycles. The number of esters is 1. The number of carbonyl (C=O) groups is 1. The third-order valence-corrected chi connectivity index (χ3v) is 6.43. The fourth-order valence-electron chi connectivity index (χ4n) is 3.27. The molecule has 0 aromatic heterocycles. The molecule has 0 radical (unpaired) electrons. The van der Waals surface area contributed by atoms with E-state index in [-0.39, 0.29) is 23.4 Å². The number of hydrogen-bond acceptors (Lipinski definition) is 4. The van der Waals surface area contributed by atoms with Crippen molar-refractivity contribution in [2.45, 2.75) is 66.7 Å². The van der Waals surface area contributed by atoms with Crippen LogP contribution in [-0.4, -0.2) is 42.5 Å². The number of cyclic esters (lactones) is 1. The Balaban J connectivity index is 2.12. The van der Waals surface area contributed by atoms with Crippen molar-refractivity contribution >= 4 is 23.3 Å². The second kappa shape index (κ2) is 10.5. The molecule has 0 saturated carbocycles. The van der Waals surface area contributed by atoms with Gasteiger partial charge in [-0.3, -0.25) is 4.79 Å². The van der Waals surface area contributed by atoms with E-state index in [0.717, 1.165) is 38.8 Å². The molecule has 2 atom stereocenters. The van der Waals surface area contributed by atoms with Crippen molar-refractivity contribution in [3.05, 3.63) is 0 Å². The summed E-state index contributed by atoms with van der Waals surface area (Å²) >= 11 is 5.34. The molecule has 0 aromatic rings. The van der Waals surface area contributed by atoms with Crippen molar-refractivity contribution in [1.82, 2.24) is 10.6 Å². The number of nitrogens with one attached hydrogen (secondary N) is 2. The van der Waals surface area contributed by atoms with Gasteiger partial charge in [-0.05, 0) is 54.6 Å². The predicted octanol–water partition coefficient (Wildman–Crippen LogP) is 3.25. The van der Waals surface area contributed by atoms with E-state index in [1.54, 1.807) is 0 Å². The first-order chi connectivity index (χ1) is 12.1. The van der Waals surface area contributed by atoms with Crippen LogP contribution in [0.3, 0.4) is 0 Å². The molecule has 152 valence electrons. The van der Waals surface area contributed by atoms with Crippen LogP contribution < -0.4 is 10.6 Å². The highest BCUT2D eigenvalue weighted by Crippen LogP contribution is 2.37. The first kappa shape index (κ1) is 23.2. The molecule has 1 saturated heterocycles. The smallest absolute Gasteiger partial charge is 0.306 e.